The Morgan fingerprint density at radius 1 is 1.16 bits per heavy atom. The van der Waals surface area contributed by atoms with Gasteiger partial charge in [0, 0.05) is 41.6 Å². The lowest BCUT2D eigenvalue weighted by Gasteiger charge is -2.18. The van der Waals surface area contributed by atoms with Gasteiger partial charge in [-0.3, -0.25) is 14.6 Å². The molecule has 32 heavy (non-hydrogen) atoms. The molecule has 0 saturated heterocycles. The number of pyridine rings is 2. The van der Waals surface area contributed by atoms with Crippen LogP contribution in [0.5, 0.6) is 5.88 Å². The van der Waals surface area contributed by atoms with Crippen LogP contribution in [0.15, 0.2) is 30.6 Å². The minimum atomic E-state index is -4.28. The predicted octanol–water partition coefficient (Wildman–Crippen LogP) is 4.32. The summed E-state index contributed by atoms with van der Waals surface area (Å²) in [5, 5.41) is 2.78. The second-order valence-electron chi connectivity index (χ2n) is 7.77. The number of Topliss-reactive ketones (excluding diaryl/α,β-unsaturated/α-hetero) is 1. The lowest BCUT2D eigenvalue weighted by atomic mass is 10.0. The first-order valence-corrected chi connectivity index (χ1v) is 9.94. The third-order valence-electron chi connectivity index (χ3n) is 4.70. The Morgan fingerprint density at radius 3 is 2.44 bits per heavy atom. The molecule has 0 radical (unpaired) electrons. The van der Waals surface area contributed by atoms with Crippen molar-refractivity contribution in [1.29, 1.82) is 0 Å². The van der Waals surface area contributed by atoms with Crippen LogP contribution in [0.3, 0.4) is 0 Å². The van der Waals surface area contributed by atoms with E-state index in [9.17, 15) is 27.2 Å². The summed E-state index contributed by atoms with van der Waals surface area (Å²) in [7, 11) is 0. The zero-order valence-corrected chi connectivity index (χ0v) is 18.2. The van der Waals surface area contributed by atoms with Crippen molar-refractivity contribution < 1.29 is 31.9 Å². The number of halogens is 4. The minimum absolute atomic E-state index is 0.0126. The smallest absolute Gasteiger partial charge is 0.340 e. The molecule has 0 spiro atoms. The normalized spacial score (nSPS) is 12.7. The number of amides is 1. The molecule has 2 aromatic heterocycles. The first-order chi connectivity index (χ1) is 14.9. The van der Waals surface area contributed by atoms with Gasteiger partial charge < -0.3 is 10.1 Å². The molecule has 1 atom stereocenters. The van der Waals surface area contributed by atoms with Crippen molar-refractivity contribution in [2.45, 2.75) is 52.5 Å². The standard InChI is InChI=1S/C22H25F4N3O3/c1-12(2)18(30)9-17-8-15(5-6-27-17)19(31)29-14(4)16-7-13(3)20(28-10-16)32-11-22(25,26)21(23)24/h5-8,10,12,14,21H,9,11H2,1-4H3,(H,29,31). The number of aryl methyl sites for hydroxylation is 1. The van der Waals surface area contributed by atoms with Crippen LogP contribution in [0, 0.1) is 12.8 Å². The van der Waals surface area contributed by atoms with Gasteiger partial charge in [0.05, 0.1) is 6.04 Å². The summed E-state index contributed by atoms with van der Waals surface area (Å²) in [5.74, 6) is -5.00. The number of aromatic nitrogens is 2. The highest BCUT2D eigenvalue weighted by Gasteiger charge is 2.42. The average Bonchev–Trinajstić information content (AvgIpc) is 2.72. The molecule has 2 aromatic rings. The van der Waals surface area contributed by atoms with E-state index in [4.69, 9.17) is 4.74 Å². The summed E-state index contributed by atoms with van der Waals surface area (Å²) in [5.41, 5.74) is 1.74. The van der Waals surface area contributed by atoms with E-state index < -0.39 is 30.9 Å². The van der Waals surface area contributed by atoms with Gasteiger partial charge in [-0.15, -0.1) is 0 Å². The molecule has 2 heterocycles. The van der Waals surface area contributed by atoms with E-state index in [1.54, 1.807) is 32.9 Å². The topological polar surface area (TPSA) is 81.2 Å². The van der Waals surface area contributed by atoms with Crippen LogP contribution in [0.25, 0.3) is 0 Å². The highest BCUT2D eigenvalue weighted by molar-refractivity contribution is 5.94. The van der Waals surface area contributed by atoms with Gasteiger partial charge in [0.1, 0.15) is 5.78 Å². The van der Waals surface area contributed by atoms with Gasteiger partial charge in [0.15, 0.2) is 6.61 Å². The molecule has 0 aliphatic rings. The van der Waals surface area contributed by atoms with Gasteiger partial charge in [-0.2, -0.15) is 8.78 Å². The van der Waals surface area contributed by atoms with Gasteiger partial charge >= 0.3 is 12.3 Å². The maximum absolute atomic E-state index is 13.0. The maximum Gasteiger partial charge on any atom is 0.340 e. The third kappa shape index (κ3) is 6.73. The molecule has 0 aliphatic carbocycles. The molecule has 0 bridgehead atoms. The fraction of sp³-hybridized carbons (Fsp3) is 0.455. The fourth-order valence-electron chi connectivity index (χ4n) is 2.66. The van der Waals surface area contributed by atoms with Crippen LogP contribution < -0.4 is 10.1 Å². The lowest BCUT2D eigenvalue weighted by Crippen LogP contribution is -2.34. The minimum Gasteiger partial charge on any atom is -0.471 e. The van der Waals surface area contributed by atoms with Crippen molar-refractivity contribution in [2.75, 3.05) is 6.61 Å². The van der Waals surface area contributed by atoms with Crippen LogP contribution in [0.4, 0.5) is 17.6 Å². The van der Waals surface area contributed by atoms with E-state index in [-0.39, 0.29) is 24.0 Å². The Hall–Kier alpha value is -3.04. The van der Waals surface area contributed by atoms with Crippen LogP contribution >= 0.6 is 0 Å². The number of nitrogens with zero attached hydrogens (tertiary/aromatic N) is 2. The van der Waals surface area contributed by atoms with Crippen LogP contribution in [0.2, 0.25) is 0 Å². The van der Waals surface area contributed by atoms with E-state index in [0.29, 0.717) is 22.4 Å². The van der Waals surface area contributed by atoms with Crippen LogP contribution in [-0.4, -0.2) is 40.6 Å². The second-order valence-corrected chi connectivity index (χ2v) is 7.77. The van der Waals surface area contributed by atoms with E-state index >= 15 is 0 Å². The molecular formula is C22H25F4N3O3. The van der Waals surface area contributed by atoms with Crippen molar-refractivity contribution in [2.24, 2.45) is 5.92 Å². The molecule has 2 rings (SSSR count). The molecule has 1 N–H and O–H groups in total. The van der Waals surface area contributed by atoms with Crippen LogP contribution in [0.1, 0.15) is 54.0 Å². The first kappa shape index (κ1) is 25.2. The van der Waals surface area contributed by atoms with Crippen molar-refractivity contribution >= 4 is 11.7 Å². The predicted molar refractivity (Wildman–Crippen MR) is 109 cm³/mol. The number of alkyl halides is 4. The van der Waals surface area contributed by atoms with Crippen molar-refractivity contribution in [1.82, 2.24) is 15.3 Å². The molecule has 1 amide bonds. The Morgan fingerprint density at radius 2 is 1.84 bits per heavy atom. The Bertz CT molecular complexity index is 967. The number of nitrogens with one attached hydrogen (secondary N) is 1. The summed E-state index contributed by atoms with van der Waals surface area (Å²) in [6.45, 7) is 5.31. The Balaban J connectivity index is 2.04. The van der Waals surface area contributed by atoms with Gasteiger partial charge in [0.25, 0.3) is 5.91 Å². The van der Waals surface area contributed by atoms with Crippen molar-refractivity contribution in [3.05, 3.63) is 53.0 Å². The van der Waals surface area contributed by atoms with E-state index in [2.05, 4.69) is 15.3 Å². The summed E-state index contributed by atoms with van der Waals surface area (Å²) >= 11 is 0. The highest BCUT2D eigenvalue weighted by atomic mass is 19.3. The third-order valence-corrected chi connectivity index (χ3v) is 4.70. The molecular weight excluding hydrogens is 430 g/mol. The maximum atomic E-state index is 13.0. The summed E-state index contributed by atoms with van der Waals surface area (Å²) in [6, 6.07) is 4.13. The molecule has 0 fully saturated rings. The number of ether oxygens (including phenoxy) is 1. The first-order valence-electron chi connectivity index (χ1n) is 9.94. The Kier molecular flexibility index (Phi) is 8.29. The van der Waals surface area contributed by atoms with Gasteiger partial charge in [-0.1, -0.05) is 13.8 Å². The SMILES string of the molecule is Cc1cc(C(C)NC(=O)c2ccnc(CC(=O)C(C)C)c2)cnc1OCC(F)(F)C(F)F. The van der Waals surface area contributed by atoms with Gasteiger partial charge in [-0.05, 0) is 37.6 Å². The molecule has 6 nitrogen and oxygen atoms in total. The molecule has 0 saturated carbocycles. The van der Waals surface area contributed by atoms with Gasteiger partial charge in [0.2, 0.25) is 5.88 Å². The largest absolute Gasteiger partial charge is 0.471 e. The summed E-state index contributed by atoms with van der Waals surface area (Å²) in [4.78, 5) is 32.5. The monoisotopic (exact) mass is 455 g/mol. The van der Waals surface area contributed by atoms with Gasteiger partial charge in [-0.25, -0.2) is 13.8 Å². The number of carbonyl (C=O) groups is 2. The number of hydrogen-bond acceptors (Lipinski definition) is 5. The quantitative estimate of drug-likeness (QED) is 0.540. The number of ketones is 1. The van der Waals surface area contributed by atoms with E-state index in [1.165, 1.54) is 25.4 Å². The second kappa shape index (κ2) is 10.5. The molecule has 0 aliphatic heterocycles. The molecule has 0 aromatic carbocycles. The average molecular weight is 455 g/mol. The number of hydrogen-bond donors (Lipinski definition) is 1. The zero-order valence-electron chi connectivity index (χ0n) is 18.2. The number of rotatable bonds is 10. The van der Waals surface area contributed by atoms with Crippen LogP contribution in [-0.2, 0) is 11.2 Å². The van der Waals surface area contributed by atoms with Crippen molar-refractivity contribution in [3.8, 4) is 5.88 Å². The summed E-state index contributed by atoms with van der Waals surface area (Å²) < 4.78 is 55.3. The highest BCUT2D eigenvalue weighted by Crippen LogP contribution is 2.26. The molecule has 174 valence electrons. The fourth-order valence-corrected chi connectivity index (χ4v) is 2.66. The number of carbonyl (C=O) groups excluding carboxylic acids is 2. The zero-order chi connectivity index (χ0) is 24.1. The summed E-state index contributed by atoms with van der Waals surface area (Å²) in [6.07, 6.45) is -0.943. The molecule has 1 unspecified atom stereocenters. The lowest BCUT2D eigenvalue weighted by molar-refractivity contribution is -0.148. The Labute approximate surface area is 183 Å². The van der Waals surface area contributed by atoms with E-state index in [1.807, 2.05) is 0 Å². The molecule has 10 heteroatoms. The van der Waals surface area contributed by atoms with Crippen molar-refractivity contribution in [3.63, 3.8) is 0 Å². The van der Waals surface area contributed by atoms with E-state index in [0.717, 1.165) is 0 Å².